The Morgan fingerprint density at radius 3 is 2.75 bits per heavy atom. The van der Waals surface area contributed by atoms with Crippen molar-refractivity contribution in [1.29, 1.82) is 0 Å². The van der Waals surface area contributed by atoms with Crippen LogP contribution < -0.4 is 20.7 Å². The minimum Gasteiger partial charge on any atom is -0.495 e. The molecule has 0 aliphatic heterocycles. The van der Waals surface area contributed by atoms with E-state index in [1.54, 1.807) is 30.6 Å². The number of para-hydroxylation sites is 3. The topological polar surface area (TPSA) is 75.3 Å². The first-order chi connectivity index (χ1) is 11.8. The summed E-state index contributed by atoms with van der Waals surface area (Å²) >= 11 is 1.60. The summed E-state index contributed by atoms with van der Waals surface area (Å²) in [6.07, 6.45) is 0. The maximum atomic E-state index is 11.9. The Morgan fingerprint density at radius 2 is 1.92 bits per heavy atom. The molecule has 0 radical (unpaired) electrons. The van der Waals surface area contributed by atoms with E-state index in [2.05, 4.69) is 20.9 Å². The molecule has 0 spiro atoms. The SMILES string of the molecule is COc1ccccc1NC(=O)NCCNc1nc2ccccc2s1. The van der Waals surface area contributed by atoms with Crippen LogP contribution in [0.15, 0.2) is 48.5 Å². The smallest absolute Gasteiger partial charge is 0.319 e. The van der Waals surface area contributed by atoms with E-state index in [9.17, 15) is 4.79 Å². The van der Waals surface area contributed by atoms with E-state index >= 15 is 0 Å². The molecule has 0 fully saturated rings. The lowest BCUT2D eigenvalue weighted by Gasteiger charge is -2.11. The first-order valence-corrected chi connectivity index (χ1v) is 8.35. The van der Waals surface area contributed by atoms with Gasteiger partial charge in [-0.05, 0) is 24.3 Å². The first kappa shape index (κ1) is 16.1. The minimum absolute atomic E-state index is 0.273. The number of fused-ring (bicyclic) bond motifs is 1. The Hall–Kier alpha value is -2.80. The number of anilines is 2. The molecule has 0 saturated carbocycles. The fourth-order valence-electron chi connectivity index (χ4n) is 2.21. The number of ether oxygens (including phenoxy) is 1. The van der Waals surface area contributed by atoms with Gasteiger partial charge in [0, 0.05) is 13.1 Å². The molecule has 1 aromatic heterocycles. The van der Waals surface area contributed by atoms with Crippen LogP contribution in [-0.2, 0) is 0 Å². The summed E-state index contributed by atoms with van der Waals surface area (Å²) in [5, 5.41) is 9.63. The van der Waals surface area contributed by atoms with E-state index in [4.69, 9.17) is 4.74 Å². The number of thiazole rings is 1. The van der Waals surface area contributed by atoms with Gasteiger partial charge in [0.25, 0.3) is 0 Å². The van der Waals surface area contributed by atoms with Gasteiger partial charge in [0.15, 0.2) is 5.13 Å². The van der Waals surface area contributed by atoms with Gasteiger partial charge in [0.1, 0.15) is 5.75 Å². The van der Waals surface area contributed by atoms with Crippen molar-refractivity contribution in [3.8, 4) is 5.75 Å². The third kappa shape index (κ3) is 3.94. The lowest BCUT2D eigenvalue weighted by molar-refractivity contribution is 0.252. The zero-order valence-corrected chi connectivity index (χ0v) is 14.0. The molecule has 0 saturated heterocycles. The molecule has 2 amide bonds. The van der Waals surface area contributed by atoms with Crippen molar-refractivity contribution in [3.05, 3.63) is 48.5 Å². The van der Waals surface area contributed by atoms with E-state index in [0.29, 0.717) is 24.5 Å². The first-order valence-electron chi connectivity index (χ1n) is 7.53. The molecular formula is C17H18N4O2S. The van der Waals surface area contributed by atoms with Crippen molar-refractivity contribution in [3.63, 3.8) is 0 Å². The number of hydrogen-bond acceptors (Lipinski definition) is 5. The second-order valence-corrected chi connectivity index (χ2v) is 6.03. The van der Waals surface area contributed by atoms with Crippen molar-refractivity contribution in [2.24, 2.45) is 0 Å². The van der Waals surface area contributed by atoms with Gasteiger partial charge in [-0.25, -0.2) is 9.78 Å². The van der Waals surface area contributed by atoms with Crippen LogP contribution in [0.4, 0.5) is 15.6 Å². The molecule has 3 rings (SSSR count). The maximum Gasteiger partial charge on any atom is 0.319 e. The van der Waals surface area contributed by atoms with E-state index < -0.39 is 0 Å². The molecule has 2 aromatic carbocycles. The predicted molar refractivity (Wildman–Crippen MR) is 98.1 cm³/mol. The second-order valence-electron chi connectivity index (χ2n) is 4.99. The van der Waals surface area contributed by atoms with Crippen LogP contribution in [0.25, 0.3) is 10.2 Å². The highest BCUT2D eigenvalue weighted by Crippen LogP contribution is 2.25. The molecule has 3 N–H and O–H groups in total. The van der Waals surface area contributed by atoms with Crippen LogP contribution >= 0.6 is 11.3 Å². The van der Waals surface area contributed by atoms with Crippen LogP contribution in [0.2, 0.25) is 0 Å². The molecule has 124 valence electrons. The van der Waals surface area contributed by atoms with Crippen LogP contribution in [0.1, 0.15) is 0 Å². The van der Waals surface area contributed by atoms with Gasteiger partial charge in [-0.2, -0.15) is 0 Å². The molecule has 0 aliphatic rings. The van der Waals surface area contributed by atoms with E-state index in [1.165, 1.54) is 0 Å². The van der Waals surface area contributed by atoms with Gasteiger partial charge in [-0.1, -0.05) is 35.6 Å². The third-order valence-electron chi connectivity index (χ3n) is 3.34. The lowest BCUT2D eigenvalue weighted by atomic mass is 10.3. The number of methoxy groups -OCH3 is 1. The zero-order chi connectivity index (χ0) is 16.8. The average Bonchev–Trinajstić information content (AvgIpc) is 3.02. The Labute approximate surface area is 143 Å². The summed E-state index contributed by atoms with van der Waals surface area (Å²) < 4.78 is 6.34. The second kappa shape index (κ2) is 7.65. The van der Waals surface area contributed by atoms with Crippen LogP contribution in [0.5, 0.6) is 5.75 Å². The predicted octanol–water partition coefficient (Wildman–Crippen LogP) is 3.54. The number of hydrogen-bond donors (Lipinski definition) is 3. The zero-order valence-electron chi connectivity index (χ0n) is 13.2. The summed E-state index contributed by atoms with van der Waals surface area (Å²) in [5.74, 6) is 0.625. The number of amides is 2. The molecule has 0 bridgehead atoms. The highest BCUT2D eigenvalue weighted by molar-refractivity contribution is 7.22. The molecular weight excluding hydrogens is 324 g/mol. The number of nitrogens with one attached hydrogen (secondary N) is 3. The largest absolute Gasteiger partial charge is 0.495 e. The summed E-state index contributed by atoms with van der Waals surface area (Å²) in [6.45, 7) is 1.08. The van der Waals surface area contributed by atoms with Gasteiger partial charge < -0.3 is 20.7 Å². The van der Waals surface area contributed by atoms with Crippen LogP contribution in [-0.4, -0.2) is 31.2 Å². The number of aromatic nitrogens is 1. The number of nitrogens with zero attached hydrogens (tertiary/aromatic N) is 1. The van der Waals surface area contributed by atoms with Crippen LogP contribution in [0.3, 0.4) is 0 Å². The van der Waals surface area contributed by atoms with Gasteiger partial charge in [0.2, 0.25) is 0 Å². The van der Waals surface area contributed by atoms with E-state index in [1.807, 2.05) is 36.4 Å². The fraction of sp³-hybridized carbons (Fsp3) is 0.176. The Bertz CT molecular complexity index is 801. The third-order valence-corrected chi connectivity index (χ3v) is 4.33. The standard InChI is InChI=1S/C17H18N4O2S/c1-23-14-8-4-2-6-12(14)20-16(22)18-10-11-19-17-21-13-7-3-5-9-15(13)24-17/h2-9H,10-11H2,1H3,(H,19,21)(H2,18,20,22). The highest BCUT2D eigenvalue weighted by atomic mass is 32.1. The maximum absolute atomic E-state index is 11.9. The molecule has 7 heteroatoms. The lowest BCUT2D eigenvalue weighted by Crippen LogP contribution is -2.32. The Morgan fingerprint density at radius 1 is 1.12 bits per heavy atom. The summed E-state index contributed by atoms with van der Waals surface area (Å²) in [4.78, 5) is 16.4. The summed E-state index contributed by atoms with van der Waals surface area (Å²) in [7, 11) is 1.57. The number of benzene rings is 2. The molecule has 0 atom stereocenters. The van der Waals surface area contributed by atoms with Crippen molar-refractivity contribution in [2.75, 3.05) is 30.8 Å². The normalized spacial score (nSPS) is 10.4. The molecule has 0 unspecified atom stereocenters. The monoisotopic (exact) mass is 342 g/mol. The van der Waals surface area contributed by atoms with Gasteiger partial charge in [0.05, 0.1) is 23.0 Å². The number of carbonyl (C=O) groups is 1. The summed E-state index contributed by atoms with van der Waals surface area (Å²) in [6, 6.07) is 15.0. The van der Waals surface area contributed by atoms with Crippen molar-refractivity contribution in [2.45, 2.75) is 0 Å². The Kier molecular flexibility index (Phi) is 5.12. The van der Waals surface area contributed by atoms with Gasteiger partial charge >= 0.3 is 6.03 Å². The fourth-order valence-corrected chi connectivity index (χ4v) is 3.10. The van der Waals surface area contributed by atoms with Crippen LogP contribution in [0, 0.1) is 0 Å². The quantitative estimate of drug-likeness (QED) is 0.599. The van der Waals surface area contributed by atoms with Crippen molar-refractivity contribution < 1.29 is 9.53 Å². The highest BCUT2D eigenvalue weighted by Gasteiger charge is 2.06. The molecule has 6 nitrogen and oxygen atoms in total. The van der Waals surface area contributed by atoms with Gasteiger partial charge in [-0.3, -0.25) is 0 Å². The summed E-state index contributed by atoms with van der Waals surface area (Å²) in [5.41, 5.74) is 1.61. The molecule has 0 aliphatic carbocycles. The minimum atomic E-state index is -0.273. The Balaban J connectivity index is 1.45. The number of carbonyl (C=O) groups excluding carboxylic acids is 1. The molecule has 3 aromatic rings. The average molecular weight is 342 g/mol. The van der Waals surface area contributed by atoms with Crippen molar-refractivity contribution >= 4 is 38.4 Å². The molecule has 24 heavy (non-hydrogen) atoms. The van der Waals surface area contributed by atoms with Crippen molar-refractivity contribution in [1.82, 2.24) is 10.3 Å². The van der Waals surface area contributed by atoms with E-state index in [-0.39, 0.29) is 6.03 Å². The number of urea groups is 1. The molecule has 1 heterocycles. The van der Waals surface area contributed by atoms with E-state index in [0.717, 1.165) is 15.3 Å². The van der Waals surface area contributed by atoms with Gasteiger partial charge in [-0.15, -0.1) is 0 Å². The number of rotatable bonds is 6.